The number of carbonyl (C=O) groups is 2. The Bertz CT molecular complexity index is 507. The summed E-state index contributed by atoms with van der Waals surface area (Å²) in [7, 11) is 0. The van der Waals surface area contributed by atoms with Gasteiger partial charge in [-0.3, -0.25) is 9.59 Å². The number of ketones is 1. The van der Waals surface area contributed by atoms with Crippen LogP contribution in [-0.2, 0) is 4.79 Å². The molecular weight excluding hydrogens is 244 g/mol. The summed E-state index contributed by atoms with van der Waals surface area (Å²) in [5.41, 5.74) is 1.13. The highest BCUT2D eigenvalue weighted by molar-refractivity contribution is 6.02. The number of benzene rings is 1. The molecule has 0 unspecified atom stereocenters. The standard InChI is InChI=1S/C15H18O4/c1-9-6-7-13(16)12(8-9)14(17)10-4-2-3-5-11(10)15(18)19/h6-8,10-11,16H,2-5H2,1H3,(H,18,19)/t10-,11+/m1/s1. The van der Waals surface area contributed by atoms with Gasteiger partial charge < -0.3 is 10.2 Å². The Hall–Kier alpha value is -1.84. The van der Waals surface area contributed by atoms with Gasteiger partial charge in [0.2, 0.25) is 0 Å². The number of aryl methyl sites for hydroxylation is 1. The second-order valence-corrected chi connectivity index (χ2v) is 5.22. The number of rotatable bonds is 3. The highest BCUT2D eigenvalue weighted by Gasteiger charge is 2.36. The predicted molar refractivity (Wildman–Crippen MR) is 70.3 cm³/mol. The van der Waals surface area contributed by atoms with Gasteiger partial charge in [0, 0.05) is 5.92 Å². The number of hydrogen-bond donors (Lipinski definition) is 2. The molecule has 102 valence electrons. The summed E-state index contributed by atoms with van der Waals surface area (Å²) in [6, 6.07) is 4.84. The number of aromatic hydroxyl groups is 1. The quantitative estimate of drug-likeness (QED) is 0.821. The van der Waals surface area contributed by atoms with E-state index in [2.05, 4.69) is 0 Å². The largest absolute Gasteiger partial charge is 0.507 e. The van der Waals surface area contributed by atoms with E-state index in [0.717, 1.165) is 18.4 Å². The second kappa shape index (κ2) is 5.43. The van der Waals surface area contributed by atoms with Crippen molar-refractivity contribution in [2.45, 2.75) is 32.6 Å². The van der Waals surface area contributed by atoms with Gasteiger partial charge in [-0.05, 0) is 31.9 Å². The van der Waals surface area contributed by atoms with Gasteiger partial charge in [-0.1, -0.05) is 24.5 Å². The van der Waals surface area contributed by atoms with Crippen molar-refractivity contribution in [3.05, 3.63) is 29.3 Å². The van der Waals surface area contributed by atoms with Crippen molar-refractivity contribution < 1.29 is 19.8 Å². The minimum Gasteiger partial charge on any atom is -0.507 e. The van der Waals surface area contributed by atoms with Crippen LogP contribution < -0.4 is 0 Å². The third-order valence-electron chi connectivity index (χ3n) is 3.84. The highest BCUT2D eigenvalue weighted by Crippen LogP contribution is 2.34. The van der Waals surface area contributed by atoms with Crippen LogP contribution in [-0.4, -0.2) is 22.0 Å². The summed E-state index contributed by atoms with van der Waals surface area (Å²) in [6.07, 6.45) is 2.84. The van der Waals surface area contributed by atoms with Crippen LogP contribution in [0, 0.1) is 18.8 Å². The molecule has 1 aliphatic rings. The van der Waals surface area contributed by atoms with Gasteiger partial charge >= 0.3 is 5.97 Å². The van der Waals surface area contributed by atoms with Crippen LogP contribution in [0.15, 0.2) is 18.2 Å². The summed E-state index contributed by atoms with van der Waals surface area (Å²) in [5, 5.41) is 19.0. The van der Waals surface area contributed by atoms with Gasteiger partial charge in [0.1, 0.15) is 5.75 Å². The number of aliphatic carboxylic acids is 1. The zero-order chi connectivity index (χ0) is 14.0. The molecule has 1 aromatic rings. The number of phenolic OH excluding ortho intramolecular Hbond substituents is 1. The first kappa shape index (κ1) is 13.6. The monoisotopic (exact) mass is 262 g/mol. The minimum atomic E-state index is -0.912. The van der Waals surface area contributed by atoms with E-state index in [1.54, 1.807) is 12.1 Å². The molecule has 0 heterocycles. The van der Waals surface area contributed by atoms with Gasteiger partial charge in [-0.15, -0.1) is 0 Å². The van der Waals surface area contributed by atoms with Crippen LogP contribution in [0.1, 0.15) is 41.6 Å². The average molecular weight is 262 g/mol. The maximum Gasteiger partial charge on any atom is 0.307 e. The lowest BCUT2D eigenvalue weighted by Crippen LogP contribution is -2.32. The minimum absolute atomic E-state index is 0.0645. The summed E-state index contributed by atoms with van der Waals surface area (Å²) in [5.74, 6) is -2.36. The van der Waals surface area contributed by atoms with Crippen molar-refractivity contribution >= 4 is 11.8 Å². The first-order valence-corrected chi connectivity index (χ1v) is 6.57. The van der Waals surface area contributed by atoms with Gasteiger partial charge in [-0.2, -0.15) is 0 Å². The van der Waals surface area contributed by atoms with E-state index in [4.69, 9.17) is 0 Å². The molecule has 19 heavy (non-hydrogen) atoms. The molecule has 0 bridgehead atoms. The molecule has 0 radical (unpaired) electrons. The molecule has 1 fully saturated rings. The Kier molecular flexibility index (Phi) is 3.88. The van der Waals surface area contributed by atoms with Gasteiger partial charge in [0.15, 0.2) is 5.78 Å². The van der Waals surface area contributed by atoms with E-state index in [1.165, 1.54) is 6.07 Å². The third kappa shape index (κ3) is 2.78. The smallest absolute Gasteiger partial charge is 0.307 e. The van der Waals surface area contributed by atoms with E-state index in [9.17, 15) is 19.8 Å². The van der Waals surface area contributed by atoms with Crippen LogP contribution >= 0.6 is 0 Å². The number of carboxylic acids is 1. The SMILES string of the molecule is Cc1ccc(O)c(C(=O)[C@@H]2CCCC[C@@H]2C(=O)O)c1. The molecule has 1 aliphatic carbocycles. The molecule has 0 amide bonds. The summed E-state index contributed by atoms with van der Waals surface area (Å²) in [4.78, 5) is 23.7. The Morgan fingerprint density at radius 3 is 2.42 bits per heavy atom. The maximum absolute atomic E-state index is 12.5. The van der Waals surface area contributed by atoms with Crippen molar-refractivity contribution in [1.82, 2.24) is 0 Å². The number of Topliss-reactive ketones (excluding diaryl/α,β-unsaturated/α-hetero) is 1. The topological polar surface area (TPSA) is 74.6 Å². The Morgan fingerprint density at radius 2 is 1.79 bits per heavy atom. The van der Waals surface area contributed by atoms with Crippen LogP contribution in [0.3, 0.4) is 0 Å². The van der Waals surface area contributed by atoms with E-state index in [-0.39, 0.29) is 17.1 Å². The van der Waals surface area contributed by atoms with Crippen LogP contribution in [0.25, 0.3) is 0 Å². The number of phenols is 1. The lowest BCUT2D eigenvalue weighted by molar-refractivity contribution is -0.144. The molecule has 4 heteroatoms. The summed E-state index contributed by atoms with van der Waals surface area (Å²) < 4.78 is 0. The molecule has 0 aliphatic heterocycles. The Balaban J connectivity index is 2.31. The fourth-order valence-electron chi connectivity index (χ4n) is 2.79. The summed E-state index contributed by atoms with van der Waals surface area (Å²) >= 11 is 0. The van der Waals surface area contributed by atoms with Crippen molar-refractivity contribution in [1.29, 1.82) is 0 Å². The van der Waals surface area contributed by atoms with Crippen LogP contribution in [0.5, 0.6) is 5.75 Å². The number of carboxylic acid groups (broad SMARTS) is 1. The van der Waals surface area contributed by atoms with Crippen molar-refractivity contribution in [2.75, 3.05) is 0 Å². The van der Waals surface area contributed by atoms with E-state index < -0.39 is 17.8 Å². The predicted octanol–water partition coefficient (Wildman–Crippen LogP) is 2.77. The lowest BCUT2D eigenvalue weighted by atomic mass is 9.75. The molecule has 4 nitrogen and oxygen atoms in total. The van der Waals surface area contributed by atoms with Crippen LogP contribution in [0.2, 0.25) is 0 Å². The molecule has 2 N–H and O–H groups in total. The fraction of sp³-hybridized carbons (Fsp3) is 0.467. The Labute approximate surface area is 112 Å². The van der Waals surface area contributed by atoms with Gasteiger partial charge in [0.25, 0.3) is 0 Å². The van der Waals surface area contributed by atoms with Crippen molar-refractivity contribution in [2.24, 2.45) is 11.8 Å². The zero-order valence-electron chi connectivity index (χ0n) is 10.9. The number of carbonyl (C=O) groups excluding carboxylic acids is 1. The molecule has 2 rings (SSSR count). The molecule has 2 atom stereocenters. The summed E-state index contributed by atoms with van der Waals surface area (Å²) in [6.45, 7) is 1.84. The molecule has 0 spiro atoms. The van der Waals surface area contributed by atoms with E-state index in [1.807, 2.05) is 6.92 Å². The maximum atomic E-state index is 12.5. The van der Waals surface area contributed by atoms with Gasteiger partial charge in [-0.25, -0.2) is 0 Å². The van der Waals surface area contributed by atoms with Crippen molar-refractivity contribution in [3.8, 4) is 5.75 Å². The fourth-order valence-corrected chi connectivity index (χ4v) is 2.79. The normalized spacial score (nSPS) is 23.0. The van der Waals surface area contributed by atoms with Crippen molar-refractivity contribution in [3.63, 3.8) is 0 Å². The van der Waals surface area contributed by atoms with E-state index in [0.29, 0.717) is 12.8 Å². The molecule has 1 aromatic carbocycles. The molecule has 0 aromatic heterocycles. The average Bonchev–Trinajstić information content (AvgIpc) is 2.40. The molecular formula is C15H18O4. The van der Waals surface area contributed by atoms with Gasteiger partial charge in [0.05, 0.1) is 11.5 Å². The highest BCUT2D eigenvalue weighted by atomic mass is 16.4. The molecule has 0 saturated heterocycles. The second-order valence-electron chi connectivity index (χ2n) is 5.22. The zero-order valence-corrected chi connectivity index (χ0v) is 10.9. The van der Waals surface area contributed by atoms with E-state index >= 15 is 0 Å². The first-order chi connectivity index (χ1) is 9.00. The Morgan fingerprint density at radius 1 is 1.16 bits per heavy atom. The number of hydrogen-bond acceptors (Lipinski definition) is 3. The third-order valence-corrected chi connectivity index (χ3v) is 3.84. The first-order valence-electron chi connectivity index (χ1n) is 6.57. The van der Waals surface area contributed by atoms with Crippen LogP contribution in [0.4, 0.5) is 0 Å². The molecule has 1 saturated carbocycles. The lowest BCUT2D eigenvalue weighted by Gasteiger charge is -2.27.